The first-order chi connectivity index (χ1) is 14.4. The number of carboxylic acids is 1. The molecule has 31 heavy (non-hydrogen) atoms. The summed E-state index contributed by atoms with van der Waals surface area (Å²) < 4.78 is 71.5. The molecule has 3 aromatic heterocycles. The zero-order chi connectivity index (χ0) is 23.2. The number of carbonyl (C=O) groups is 1. The molecule has 3 heterocycles. The van der Waals surface area contributed by atoms with Crippen LogP contribution in [0, 0.1) is 0 Å². The van der Waals surface area contributed by atoms with Gasteiger partial charge in [-0.2, -0.15) is 26.3 Å². The molecule has 168 valence electrons. The molecule has 0 aliphatic carbocycles. The van der Waals surface area contributed by atoms with Crippen LogP contribution in [0.3, 0.4) is 0 Å². The molecule has 0 bridgehead atoms. The molecule has 0 amide bonds. The van der Waals surface area contributed by atoms with Gasteiger partial charge in [0.1, 0.15) is 16.5 Å². The van der Waals surface area contributed by atoms with Gasteiger partial charge in [0.05, 0.1) is 0 Å². The van der Waals surface area contributed by atoms with E-state index >= 15 is 0 Å². The predicted octanol–water partition coefficient (Wildman–Crippen LogP) is 4.46. The Bertz CT molecular complexity index is 999. The molecule has 0 unspecified atom stereocenters. The summed E-state index contributed by atoms with van der Waals surface area (Å²) in [5.41, 5.74) is 6.30. The third-order valence-corrected chi connectivity index (χ3v) is 4.71. The summed E-state index contributed by atoms with van der Waals surface area (Å²) in [6.07, 6.45) is -5.64. The summed E-state index contributed by atoms with van der Waals surface area (Å²) in [4.78, 5) is 12.3. The van der Waals surface area contributed by atoms with Crippen molar-refractivity contribution in [2.75, 3.05) is 5.73 Å². The molecular weight excluding hydrogens is 450 g/mol. The van der Waals surface area contributed by atoms with Crippen LogP contribution in [-0.4, -0.2) is 26.8 Å². The van der Waals surface area contributed by atoms with E-state index in [0.29, 0.717) is 18.7 Å². The van der Waals surface area contributed by atoms with E-state index in [-0.39, 0.29) is 5.82 Å². The summed E-state index contributed by atoms with van der Waals surface area (Å²) >= 11 is 1.62. The van der Waals surface area contributed by atoms with Gasteiger partial charge in [-0.1, -0.05) is 6.07 Å². The SMILES string of the molecule is Nc1nc(C(F)(F)F)ccc1CNCc1ccsc1-n1cccc1.O=C(O)C(F)(F)F. The highest BCUT2D eigenvalue weighted by Crippen LogP contribution is 2.29. The van der Waals surface area contributed by atoms with E-state index in [2.05, 4.69) is 10.3 Å². The molecule has 4 N–H and O–H groups in total. The molecule has 0 spiro atoms. The van der Waals surface area contributed by atoms with Crippen LogP contribution in [0.1, 0.15) is 16.8 Å². The Morgan fingerprint density at radius 3 is 2.16 bits per heavy atom. The molecule has 3 aromatic rings. The number of anilines is 1. The van der Waals surface area contributed by atoms with Gasteiger partial charge < -0.3 is 20.7 Å². The van der Waals surface area contributed by atoms with Crippen molar-refractivity contribution in [3.8, 4) is 5.00 Å². The number of rotatable bonds is 5. The van der Waals surface area contributed by atoms with Crippen molar-refractivity contribution in [3.63, 3.8) is 0 Å². The fraction of sp³-hybridized carbons (Fsp3) is 0.222. The number of nitrogen functional groups attached to an aromatic ring is 1. The fourth-order valence-electron chi connectivity index (χ4n) is 2.30. The lowest BCUT2D eigenvalue weighted by molar-refractivity contribution is -0.192. The number of aliphatic carboxylic acids is 1. The Balaban J connectivity index is 0.000000423. The topological polar surface area (TPSA) is 93.2 Å². The maximum Gasteiger partial charge on any atom is 0.490 e. The van der Waals surface area contributed by atoms with Crippen LogP contribution in [0.5, 0.6) is 0 Å². The Labute approximate surface area is 175 Å². The quantitative estimate of drug-likeness (QED) is 0.483. The maximum atomic E-state index is 12.6. The lowest BCUT2D eigenvalue weighted by Crippen LogP contribution is -2.21. The van der Waals surface area contributed by atoms with Gasteiger partial charge in [-0.15, -0.1) is 11.3 Å². The minimum Gasteiger partial charge on any atom is -0.475 e. The molecule has 13 heteroatoms. The van der Waals surface area contributed by atoms with Crippen molar-refractivity contribution in [1.29, 1.82) is 0 Å². The molecule has 0 saturated carbocycles. The van der Waals surface area contributed by atoms with Crippen molar-refractivity contribution in [3.05, 3.63) is 64.9 Å². The van der Waals surface area contributed by atoms with Crippen LogP contribution >= 0.6 is 11.3 Å². The van der Waals surface area contributed by atoms with Crippen LogP contribution in [0.25, 0.3) is 5.00 Å². The highest BCUT2D eigenvalue weighted by molar-refractivity contribution is 7.12. The van der Waals surface area contributed by atoms with E-state index in [0.717, 1.165) is 16.6 Å². The molecule has 0 aromatic carbocycles. The van der Waals surface area contributed by atoms with Gasteiger partial charge in [0.15, 0.2) is 0 Å². The molecule has 6 nitrogen and oxygen atoms in total. The third kappa shape index (κ3) is 7.00. The number of nitrogens with zero attached hydrogens (tertiary/aromatic N) is 2. The van der Waals surface area contributed by atoms with Crippen LogP contribution in [0.15, 0.2) is 48.1 Å². The first-order valence-electron chi connectivity index (χ1n) is 8.42. The first kappa shape index (κ1) is 24.2. The van der Waals surface area contributed by atoms with E-state index in [9.17, 15) is 26.3 Å². The van der Waals surface area contributed by atoms with Crippen molar-refractivity contribution < 1.29 is 36.2 Å². The van der Waals surface area contributed by atoms with Crippen molar-refractivity contribution in [2.24, 2.45) is 0 Å². The largest absolute Gasteiger partial charge is 0.490 e. The Morgan fingerprint density at radius 2 is 1.65 bits per heavy atom. The monoisotopic (exact) mass is 466 g/mol. The average molecular weight is 466 g/mol. The second kappa shape index (κ2) is 9.83. The summed E-state index contributed by atoms with van der Waals surface area (Å²) in [5, 5.41) is 13.4. The van der Waals surface area contributed by atoms with Crippen molar-refractivity contribution >= 4 is 23.1 Å². The van der Waals surface area contributed by atoms with E-state index < -0.39 is 24.0 Å². The summed E-state index contributed by atoms with van der Waals surface area (Å²) in [6, 6.07) is 8.22. The number of aromatic nitrogens is 2. The van der Waals surface area contributed by atoms with Gasteiger partial charge in [-0.3, -0.25) is 0 Å². The predicted molar refractivity (Wildman–Crippen MR) is 102 cm³/mol. The molecule has 0 fully saturated rings. The number of alkyl halides is 6. The van der Waals surface area contributed by atoms with Crippen molar-refractivity contribution in [2.45, 2.75) is 25.4 Å². The Kier molecular flexibility index (Phi) is 7.68. The maximum absolute atomic E-state index is 12.6. The lowest BCUT2D eigenvalue weighted by Gasteiger charge is -2.11. The summed E-state index contributed by atoms with van der Waals surface area (Å²) in [7, 11) is 0. The number of hydrogen-bond acceptors (Lipinski definition) is 5. The number of halogens is 6. The average Bonchev–Trinajstić information content (AvgIpc) is 3.33. The van der Waals surface area contributed by atoms with E-state index in [4.69, 9.17) is 15.6 Å². The normalized spacial score (nSPS) is 11.7. The van der Waals surface area contributed by atoms with Crippen LogP contribution in [0.4, 0.5) is 32.2 Å². The number of carboxylic acid groups (broad SMARTS) is 1. The molecular formula is C18H16F6N4O2S. The van der Waals surface area contributed by atoms with Gasteiger partial charge in [0.2, 0.25) is 0 Å². The lowest BCUT2D eigenvalue weighted by atomic mass is 10.2. The third-order valence-electron chi connectivity index (χ3n) is 3.74. The van der Waals surface area contributed by atoms with Gasteiger partial charge in [0.25, 0.3) is 0 Å². The first-order valence-corrected chi connectivity index (χ1v) is 9.30. The molecule has 0 saturated heterocycles. The van der Waals surface area contributed by atoms with Crippen LogP contribution < -0.4 is 11.1 Å². The Hall–Kier alpha value is -3.06. The number of pyridine rings is 1. The van der Waals surface area contributed by atoms with Gasteiger partial charge in [-0.05, 0) is 29.6 Å². The number of thiophene rings is 1. The molecule has 0 aliphatic heterocycles. The number of nitrogens with two attached hydrogens (primary N) is 1. The highest BCUT2D eigenvalue weighted by Gasteiger charge is 2.38. The second-order valence-electron chi connectivity index (χ2n) is 5.99. The van der Waals surface area contributed by atoms with Gasteiger partial charge in [0, 0.05) is 36.6 Å². The summed E-state index contributed by atoms with van der Waals surface area (Å²) in [6.45, 7) is 0.926. The van der Waals surface area contributed by atoms with Crippen LogP contribution in [0.2, 0.25) is 0 Å². The molecule has 0 radical (unpaired) electrons. The smallest absolute Gasteiger partial charge is 0.475 e. The molecule has 0 atom stereocenters. The number of nitrogens with one attached hydrogen (secondary N) is 1. The standard InChI is InChI=1S/C16H15F3N4S.C2HF3O2/c17-16(18,19)13-4-3-11(14(20)22-13)9-21-10-12-5-8-24-15(12)23-6-1-2-7-23;3-2(4,5)1(6)7/h1-8,21H,9-10H2,(H2,20,22);(H,6,7). The van der Waals surface area contributed by atoms with E-state index in [1.807, 2.05) is 40.5 Å². The summed E-state index contributed by atoms with van der Waals surface area (Å²) in [5.74, 6) is -2.86. The van der Waals surface area contributed by atoms with E-state index in [1.54, 1.807) is 11.3 Å². The van der Waals surface area contributed by atoms with Crippen LogP contribution in [-0.2, 0) is 24.1 Å². The fourth-order valence-corrected chi connectivity index (χ4v) is 3.20. The second-order valence-corrected chi connectivity index (χ2v) is 6.88. The van der Waals surface area contributed by atoms with Gasteiger partial charge in [-0.25, -0.2) is 9.78 Å². The molecule has 0 aliphatic rings. The van der Waals surface area contributed by atoms with Crippen molar-refractivity contribution in [1.82, 2.24) is 14.9 Å². The number of hydrogen-bond donors (Lipinski definition) is 3. The zero-order valence-corrected chi connectivity index (χ0v) is 16.4. The highest BCUT2D eigenvalue weighted by atomic mass is 32.1. The minimum atomic E-state index is -5.08. The zero-order valence-electron chi connectivity index (χ0n) is 15.5. The van der Waals surface area contributed by atoms with Gasteiger partial charge >= 0.3 is 18.3 Å². The van der Waals surface area contributed by atoms with E-state index in [1.165, 1.54) is 6.07 Å². The Morgan fingerprint density at radius 1 is 1.06 bits per heavy atom. The minimum absolute atomic E-state index is 0.103. The molecule has 3 rings (SSSR count).